The minimum atomic E-state index is -1.02. The molecule has 2 aromatic carbocycles. The fourth-order valence-corrected chi connectivity index (χ4v) is 2.50. The Balaban J connectivity index is 1.81. The van der Waals surface area contributed by atoms with Crippen LogP contribution in [0.4, 0.5) is 16.2 Å². The molecule has 128 valence electrons. The van der Waals surface area contributed by atoms with Gasteiger partial charge in [0, 0.05) is 5.69 Å². The first-order chi connectivity index (χ1) is 12.1. The van der Waals surface area contributed by atoms with Crippen molar-refractivity contribution in [1.82, 2.24) is 0 Å². The number of hydrazone groups is 1. The summed E-state index contributed by atoms with van der Waals surface area (Å²) in [6.07, 6.45) is -0.361. The van der Waals surface area contributed by atoms with Crippen LogP contribution in [0.25, 0.3) is 0 Å². The first-order valence-electron chi connectivity index (χ1n) is 7.73. The van der Waals surface area contributed by atoms with Gasteiger partial charge in [-0.2, -0.15) is 5.10 Å². The molecular formula is C18H17N3O4. The number of ether oxygens (including phenoxy) is 1. The van der Waals surface area contributed by atoms with Crippen molar-refractivity contribution in [3.05, 3.63) is 59.7 Å². The van der Waals surface area contributed by atoms with E-state index in [0.29, 0.717) is 24.6 Å². The van der Waals surface area contributed by atoms with Gasteiger partial charge in [0.25, 0.3) is 0 Å². The van der Waals surface area contributed by atoms with E-state index in [1.165, 1.54) is 6.07 Å². The maximum absolute atomic E-state index is 11.7. The second-order valence-corrected chi connectivity index (χ2v) is 5.48. The third-order valence-corrected chi connectivity index (χ3v) is 3.84. The molecule has 2 N–H and O–H groups in total. The van der Waals surface area contributed by atoms with Crippen molar-refractivity contribution in [2.45, 2.75) is 6.92 Å². The molecule has 0 atom stereocenters. The van der Waals surface area contributed by atoms with Crippen LogP contribution in [0.2, 0.25) is 0 Å². The second-order valence-electron chi connectivity index (χ2n) is 5.48. The molecule has 1 fully saturated rings. The van der Waals surface area contributed by atoms with Gasteiger partial charge in [0.15, 0.2) is 0 Å². The SMILES string of the molecule is C/C(=N/Nc1ccccc1C(=O)O)c1cccc(N2CCOC2=O)c1. The smallest absolute Gasteiger partial charge is 0.414 e. The fourth-order valence-electron chi connectivity index (χ4n) is 2.50. The highest BCUT2D eigenvalue weighted by atomic mass is 16.6. The third kappa shape index (κ3) is 3.60. The number of cyclic esters (lactones) is 1. The van der Waals surface area contributed by atoms with E-state index >= 15 is 0 Å². The number of aromatic carboxylic acids is 1. The van der Waals surface area contributed by atoms with Crippen LogP contribution >= 0.6 is 0 Å². The summed E-state index contributed by atoms with van der Waals surface area (Å²) in [4.78, 5) is 24.5. The summed E-state index contributed by atoms with van der Waals surface area (Å²) in [5.41, 5.74) is 5.56. The molecule has 0 bridgehead atoms. The monoisotopic (exact) mass is 339 g/mol. The first-order valence-corrected chi connectivity index (χ1v) is 7.73. The molecule has 0 aromatic heterocycles. The van der Waals surface area contributed by atoms with Crippen LogP contribution in [0, 0.1) is 0 Å². The van der Waals surface area contributed by atoms with Crippen LogP contribution in [0.15, 0.2) is 53.6 Å². The number of anilines is 2. The highest BCUT2D eigenvalue weighted by Gasteiger charge is 2.23. The van der Waals surface area contributed by atoms with E-state index in [1.54, 1.807) is 30.0 Å². The minimum absolute atomic E-state index is 0.146. The van der Waals surface area contributed by atoms with Gasteiger partial charge >= 0.3 is 12.1 Å². The molecule has 1 heterocycles. The molecule has 1 saturated heterocycles. The van der Waals surface area contributed by atoms with Crippen LogP contribution in [0.3, 0.4) is 0 Å². The summed E-state index contributed by atoms with van der Waals surface area (Å²) in [6, 6.07) is 13.9. The van der Waals surface area contributed by atoms with Gasteiger partial charge in [-0.1, -0.05) is 24.3 Å². The average Bonchev–Trinajstić information content (AvgIpc) is 3.06. The molecule has 0 aliphatic carbocycles. The summed E-state index contributed by atoms with van der Waals surface area (Å²) >= 11 is 0. The number of para-hydroxylation sites is 1. The molecule has 0 radical (unpaired) electrons. The lowest BCUT2D eigenvalue weighted by Crippen LogP contribution is -2.23. The maximum atomic E-state index is 11.7. The second kappa shape index (κ2) is 7.04. The number of carbonyl (C=O) groups excluding carboxylic acids is 1. The Morgan fingerprint density at radius 2 is 2.04 bits per heavy atom. The average molecular weight is 339 g/mol. The van der Waals surface area contributed by atoms with Gasteiger partial charge in [0.05, 0.1) is 23.5 Å². The van der Waals surface area contributed by atoms with Crippen LogP contribution in [-0.4, -0.2) is 36.0 Å². The van der Waals surface area contributed by atoms with Gasteiger partial charge in [-0.05, 0) is 36.8 Å². The number of amides is 1. The molecule has 2 aromatic rings. The van der Waals surface area contributed by atoms with E-state index < -0.39 is 5.97 Å². The van der Waals surface area contributed by atoms with Gasteiger partial charge in [0.2, 0.25) is 0 Å². The van der Waals surface area contributed by atoms with E-state index in [1.807, 2.05) is 24.3 Å². The molecule has 25 heavy (non-hydrogen) atoms. The van der Waals surface area contributed by atoms with E-state index in [0.717, 1.165) is 11.3 Å². The van der Waals surface area contributed by atoms with Crippen LogP contribution in [0.5, 0.6) is 0 Å². The summed E-state index contributed by atoms with van der Waals surface area (Å²) in [5, 5.41) is 13.5. The molecule has 0 unspecified atom stereocenters. The number of carboxylic acid groups (broad SMARTS) is 1. The lowest BCUT2D eigenvalue weighted by molar-refractivity contribution is 0.0698. The molecule has 1 aliphatic rings. The summed E-state index contributed by atoms with van der Waals surface area (Å²) in [7, 11) is 0. The Morgan fingerprint density at radius 3 is 2.76 bits per heavy atom. The van der Waals surface area contributed by atoms with Crippen LogP contribution in [-0.2, 0) is 4.74 Å². The van der Waals surface area contributed by atoms with Gasteiger partial charge in [-0.15, -0.1) is 0 Å². The molecule has 3 rings (SSSR count). The van der Waals surface area contributed by atoms with Crippen molar-refractivity contribution in [1.29, 1.82) is 0 Å². The van der Waals surface area contributed by atoms with Crippen molar-refractivity contribution in [3.63, 3.8) is 0 Å². The first kappa shape index (κ1) is 16.5. The van der Waals surface area contributed by atoms with E-state index in [9.17, 15) is 14.7 Å². The quantitative estimate of drug-likeness (QED) is 0.645. The molecule has 0 spiro atoms. The van der Waals surface area contributed by atoms with E-state index in [4.69, 9.17) is 4.74 Å². The molecule has 0 saturated carbocycles. The maximum Gasteiger partial charge on any atom is 0.414 e. The predicted octanol–water partition coefficient (Wildman–Crippen LogP) is 3.18. The topological polar surface area (TPSA) is 91.2 Å². The Labute approximate surface area is 144 Å². The van der Waals surface area contributed by atoms with E-state index in [2.05, 4.69) is 10.5 Å². The number of nitrogens with one attached hydrogen (secondary N) is 1. The number of nitrogens with zero attached hydrogens (tertiary/aromatic N) is 2. The Kier molecular flexibility index (Phi) is 4.65. The van der Waals surface area contributed by atoms with Gasteiger partial charge < -0.3 is 9.84 Å². The van der Waals surface area contributed by atoms with Crippen molar-refractivity contribution in [2.75, 3.05) is 23.5 Å². The number of benzene rings is 2. The summed E-state index contributed by atoms with van der Waals surface area (Å²) in [6.45, 7) is 2.70. The zero-order valence-corrected chi connectivity index (χ0v) is 13.6. The van der Waals surface area contributed by atoms with E-state index in [-0.39, 0.29) is 11.7 Å². The predicted molar refractivity (Wildman–Crippen MR) is 94.4 cm³/mol. The third-order valence-electron chi connectivity index (χ3n) is 3.84. The summed E-state index contributed by atoms with van der Waals surface area (Å²) < 4.78 is 4.95. The molecule has 1 amide bonds. The summed E-state index contributed by atoms with van der Waals surface area (Å²) in [5.74, 6) is -1.02. The zero-order valence-electron chi connectivity index (χ0n) is 13.6. The standard InChI is InChI=1S/C18H17N3O4/c1-12(19-20-16-8-3-2-7-15(16)17(22)23)13-5-4-6-14(11-13)21-9-10-25-18(21)24/h2-8,11,20H,9-10H2,1H3,(H,22,23)/b19-12-. The lowest BCUT2D eigenvalue weighted by Gasteiger charge is -2.14. The fraction of sp³-hybridized carbons (Fsp3) is 0.167. The number of carbonyl (C=O) groups is 2. The van der Waals surface area contributed by atoms with Gasteiger partial charge in [-0.25, -0.2) is 9.59 Å². The highest BCUT2D eigenvalue weighted by Crippen LogP contribution is 2.21. The largest absolute Gasteiger partial charge is 0.478 e. The molecule has 7 heteroatoms. The van der Waals surface area contributed by atoms with Gasteiger partial charge in [-0.3, -0.25) is 10.3 Å². The lowest BCUT2D eigenvalue weighted by atomic mass is 10.1. The number of rotatable bonds is 5. The Bertz CT molecular complexity index is 848. The van der Waals surface area contributed by atoms with Crippen LogP contribution < -0.4 is 10.3 Å². The molecule has 7 nitrogen and oxygen atoms in total. The van der Waals surface area contributed by atoms with Crippen LogP contribution in [0.1, 0.15) is 22.8 Å². The minimum Gasteiger partial charge on any atom is -0.478 e. The van der Waals surface area contributed by atoms with Crippen molar-refractivity contribution in [3.8, 4) is 0 Å². The van der Waals surface area contributed by atoms with Crippen molar-refractivity contribution in [2.24, 2.45) is 5.10 Å². The molecular weight excluding hydrogens is 322 g/mol. The van der Waals surface area contributed by atoms with Gasteiger partial charge in [0.1, 0.15) is 6.61 Å². The Hall–Kier alpha value is -3.35. The number of hydrogen-bond acceptors (Lipinski definition) is 5. The molecule has 1 aliphatic heterocycles. The highest BCUT2D eigenvalue weighted by molar-refractivity contribution is 6.01. The number of hydrogen-bond donors (Lipinski definition) is 2. The van der Waals surface area contributed by atoms with Crippen molar-refractivity contribution >= 4 is 29.1 Å². The number of carboxylic acids is 1. The normalized spacial score (nSPS) is 14.4. The Morgan fingerprint density at radius 1 is 1.24 bits per heavy atom. The van der Waals surface area contributed by atoms with Crippen molar-refractivity contribution < 1.29 is 19.4 Å². The zero-order chi connectivity index (χ0) is 17.8.